The summed E-state index contributed by atoms with van der Waals surface area (Å²) in [5.41, 5.74) is 3.14. The van der Waals surface area contributed by atoms with Crippen LogP contribution in [-0.2, 0) is 16.6 Å². The molecule has 152 valence electrons. The van der Waals surface area contributed by atoms with Crippen LogP contribution >= 0.6 is 12.2 Å². The molecule has 0 saturated carbocycles. The Balaban J connectivity index is 1.85. The average molecular weight is 437 g/mol. The first kappa shape index (κ1) is 20.2. The second-order valence-electron chi connectivity index (χ2n) is 6.61. The molecule has 0 aliphatic carbocycles. The molecule has 0 bridgehead atoms. The number of fused-ring (bicyclic) bond motifs is 1. The van der Waals surface area contributed by atoms with Crippen molar-refractivity contribution < 1.29 is 9.42 Å². The zero-order valence-corrected chi connectivity index (χ0v) is 17.4. The van der Waals surface area contributed by atoms with E-state index in [1.54, 1.807) is 16.8 Å². The number of rotatable bonds is 6. The molecule has 1 atom stereocenters. The molecule has 2 N–H and O–H groups in total. The molecule has 6 nitrogen and oxygen atoms in total. The van der Waals surface area contributed by atoms with Crippen LogP contribution in [0.15, 0.2) is 78.9 Å². The molecule has 1 unspecified atom stereocenters. The van der Waals surface area contributed by atoms with Crippen LogP contribution in [0.25, 0.3) is 22.1 Å². The van der Waals surface area contributed by atoms with Gasteiger partial charge in [0.2, 0.25) is 0 Å². The lowest BCUT2D eigenvalue weighted by Crippen LogP contribution is -2.06. The summed E-state index contributed by atoms with van der Waals surface area (Å²) in [6.45, 7) is 0. The highest BCUT2D eigenvalue weighted by Gasteiger charge is 2.13. The fourth-order valence-corrected chi connectivity index (χ4v) is 4.68. The number of nitrogens with zero attached hydrogens (tertiary/aromatic N) is 2. The fraction of sp³-hybridized carbons (Fsp3) is 0.0455. The number of aromatic nitrogens is 2. The van der Waals surface area contributed by atoms with Crippen LogP contribution in [-0.4, -0.2) is 19.0 Å². The van der Waals surface area contributed by atoms with Crippen molar-refractivity contribution in [2.45, 2.75) is 5.75 Å². The third-order valence-electron chi connectivity index (χ3n) is 4.61. The molecule has 0 aliphatic rings. The van der Waals surface area contributed by atoms with Crippen LogP contribution in [0.2, 0.25) is 0 Å². The smallest absolute Gasteiger partial charge is 0.182 e. The van der Waals surface area contributed by atoms with E-state index in [4.69, 9.17) is 12.2 Å². The summed E-state index contributed by atoms with van der Waals surface area (Å²) in [6.07, 6.45) is 1.73. The number of benzene rings is 3. The quantitative estimate of drug-likeness (QED) is 0.317. The van der Waals surface area contributed by atoms with E-state index in [1.807, 2.05) is 60.7 Å². The van der Waals surface area contributed by atoms with Crippen molar-refractivity contribution in [3.8, 4) is 0 Å². The van der Waals surface area contributed by atoms with E-state index >= 15 is 0 Å². The van der Waals surface area contributed by atoms with Gasteiger partial charge in [-0.25, -0.2) is 0 Å². The summed E-state index contributed by atoms with van der Waals surface area (Å²) in [5.74, 6) is 0.355. The predicted molar refractivity (Wildman–Crippen MR) is 124 cm³/mol. The van der Waals surface area contributed by atoms with Gasteiger partial charge in [-0.3, -0.25) is 14.0 Å². The molecular formula is C22H18N3O3S2-. The van der Waals surface area contributed by atoms with Gasteiger partial charge in [0.15, 0.2) is 4.77 Å². The van der Waals surface area contributed by atoms with Gasteiger partial charge in [-0.2, -0.15) is 0 Å². The van der Waals surface area contributed by atoms with Crippen molar-refractivity contribution in [2.75, 3.05) is 5.23 Å². The van der Waals surface area contributed by atoms with Gasteiger partial charge in [0.05, 0.1) is 38.2 Å². The van der Waals surface area contributed by atoms with Crippen LogP contribution in [0.4, 0.5) is 5.69 Å². The maximum Gasteiger partial charge on any atom is 0.182 e. The van der Waals surface area contributed by atoms with Gasteiger partial charge in [0.1, 0.15) is 0 Å². The van der Waals surface area contributed by atoms with Crippen molar-refractivity contribution in [1.82, 2.24) is 9.55 Å². The Hall–Kier alpha value is -3.04. The lowest BCUT2D eigenvalue weighted by atomic mass is 10.2. The van der Waals surface area contributed by atoms with Crippen molar-refractivity contribution in [1.29, 1.82) is 0 Å². The van der Waals surface area contributed by atoms with Crippen LogP contribution in [0.1, 0.15) is 11.1 Å². The molecule has 4 aromatic rings. The monoisotopic (exact) mass is 436 g/mol. The molecule has 1 aromatic heterocycles. The van der Waals surface area contributed by atoms with Crippen molar-refractivity contribution >= 4 is 50.8 Å². The average Bonchev–Trinajstić information content (AvgIpc) is 3.07. The van der Waals surface area contributed by atoms with E-state index in [0.29, 0.717) is 26.5 Å². The van der Waals surface area contributed by atoms with Crippen LogP contribution in [0.5, 0.6) is 0 Å². The number of nitrogens with one attached hydrogen (secondary N) is 1. The summed E-state index contributed by atoms with van der Waals surface area (Å²) >= 11 is 5.46. The summed E-state index contributed by atoms with van der Waals surface area (Å²) in [5, 5.41) is 20.4. The van der Waals surface area contributed by atoms with E-state index < -0.39 is 10.8 Å². The standard InChI is InChI=1S/C22H18N3O3S2/c26-25(27)18-11-12-19-20(13-18)24(22(29)23-19)14-21(17-9-5-2-6-10-17)30(28)15-16-7-3-1-4-8-16/h1-14,26H,15H2,(H,23,29)/q-1/b21-14-. The number of hydrogen-bond donors (Lipinski definition) is 2. The number of imidazole rings is 1. The molecule has 0 saturated heterocycles. The Morgan fingerprint density at radius 1 is 1.10 bits per heavy atom. The van der Waals surface area contributed by atoms with E-state index in [9.17, 15) is 14.6 Å². The molecule has 30 heavy (non-hydrogen) atoms. The zero-order valence-electron chi connectivity index (χ0n) is 15.8. The largest absolute Gasteiger partial charge is 0.733 e. The summed E-state index contributed by atoms with van der Waals surface area (Å²) in [4.78, 5) is 3.67. The highest BCUT2D eigenvalue weighted by atomic mass is 32.2. The minimum Gasteiger partial charge on any atom is -0.733 e. The van der Waals surface area contributed by atoms with Gasteiger partial charge in [0.25, 0.3) is 0 Å². The van der Waals surface area contributed by atoms with Gasteiger partial charge in [-0.1, -0.05) is 60.7 Å². The molecule has 0 amide bonds. The third-order valence-corrected chi connectivity index (χ3v) is 6.34. The Morgan fingerprint density at radius 3 is 2.43 bits per heavy atom. The number of H-pyrrole nitrogens is 1. The SMILES string of the molecule is O=S(Cc1ccccc1)/C(=C\n1c(=S)[nH]c2ccc(N([O-])O)cc21)c1ccccc1. The minimum atomic E-state index is -1.35. The van der Waals surface area contributed by atoms with Gasteiger partial charge < -0.3 is 15.4 Å². The molecule has 3 aromatic carbocycles. The molecule has 0 spiro atoms. The first-order chi connectivity index (χ1) is 14.5. The lowest BCUT2D eigenvalue weighted by Gasteiger charge is -2.21. The zero-order chi connectivity index (χ0) is 21.1. The lowest BCUT2D eigenvalue weighted by molar-refractivity contribution is 0.296. The van der Waals surface area contributed by atoms with Crippen molar-refractivity contribution in [3.05, 3.63) is 100.0 Å². The second-order valence-corrected chi connectivity index (χ2v) is 8.42. The maximum atomic E-state index is 13.3. The minimum absolute atomic E-state index is 0.0744. The van der Waals surface area contributed by atoms with Crippen molar-refractivity contribution in [3.63, 3.8) is 0 Å². The Labute approximate surface area is 180 Å². The van der Waals surface area contributed by atoms with Gasteiger partial charge in [-0.15, -0.1) is 0 Å². The second kappa shape index (κ2) is 8.76. The first-order valence-electron chi connectivity index (χ1n) is 9.13. The highest BCUT2D eigenvalue weighted by molar-refractivity contribution is 7.94. The van der Waals surface area contributed by atoms with Crippen LogP contribution < -0.4 is 5.23 Å². The molecule has 0 fully saturated rings. The fourth-order valence-electron chi connectivity index (χ4n) is 3.14. The third kappa shape index (κ3) is 4.27. The summed E-state index contributed by atoms with van der Waals surface area (Å²) < 4.78 is 15.4. The highest BCUT2D eigenvalue weighted by Crippen LogP contribution is 2.26. The van der Waals surface area contributed by atoms with Crippen molar-refractivity contribution in [2.24, 2.45) is 0 Å². The van der Waals surface area contributed by atoms with Gasteiger partial charge in [-0.05, 0) is 41.5 Å². The van der Waals surface area contributed by atoms with Crippen LogP contribution in [0, 0.1) is 9.98 Å². The van der Waals surface area contributed by atoms with Crippen LogP contribution in [0.3, 0.4) is 0 Å². The molecule has 0 aliphatic heterocycles. The number of aromatic amines is 1. The number of anilines is 1. The molecule has 8 heteroatoms. The topological polar surface area (TPSA) is 84.3 Å². The predicted octanol–water partition coefficient (Wildman–Crippen LogP) is 5.30. The Morgan fingerprint density at radius 2 is 1.77 bits per heavy atom. The first-order valence-corrected chi connectivity index (χ1v) is 10.9. The van der Waals surface area contributed by atoms with E-state index in [0.717, 1.165) is 11.1 Å². The normalized spacial score (nSPS) is 12.8. The Bertz CT molecular complexity index is 1280. The molecule has 1 heterocycles. The van der Waals surface area contributed by atoms with E-state index in [-0.39, 0.29) is 10.9 Å². The summed E-state index contributed by atoms with van der Waals surface area (Å²) in [7, 11) is -1.35. The molecule has 0 radical (unpaired) electrons. The van der Waals surface area contributed by atoms with Gasteiger partial charge in [0, 0.05) is 6.20 Å². The molecule has 4 rings (SSSR count). The van der Waals surface area contributed by atoms with Gasteiger partial charge >= 0.3 is 0 Å². The number of hydrogen-bond acceptors (Lipinski definition) is 5. The van der Waals surface area contributed by atoms with E-state index in [2.05, 4.69) is 4.98 Å². The maximum absolute atomic E-state index is 13.3. The molecular weight excluding hydrogens is 418 g/mol. The Kier molecular flexibility index (Phi) is 5.91. The summed E-state index contributed by atoms with van der Waals surface area (Å²) in [6, 6.07) is 23.8. The van der Waals surface area contributed by atoms with E-state index in [1.165, 1.54) is 12.1 Å².